The van der Waals surface area contributed by atoms with Crippen LogP contribution in [0.15, 0.2) is 72.8 Å². The summed E-state index contributed by atoms with van der Waals surface area (Å²) in [6.45, 7) is 8.44. The molecule has 160 valence electrons. The number of unbranched alkanes of at least 4 members (excludes halogenated alkanes) is 1. The molecule has 3 aromatic carbocycles. The van der Waals surface area contributed by atoms with Crippen LogP contribution in [0.2, 0.25) is 5.32 Å². The van der Waals surface area contributed by atoms with Crippen molar-refractivity contribution in [1.82, 2.24) is 0 Å². The third-order valence-corrected chi connectivity index (χ3v) is 12.0. The number of hydrogen-bond donors (Lipinski definition) is 0. The Morgan fingerprint density at radius 3 is 1.23 bits per heavy atom. The van der Waals surface area contributed by atoms with Crippen LogP contribution in [0.4, 0.5) is 0 Å². The Morgan fingerprint density at radius 1 is 0.600 bits per heavy atom. The summed E-state index contributed by atoms with van der Waals surface area (Å²) in [5.41, 5.74) is 3.60. The van der Waals surface area contributed by atoms with Crippen molar-refractivity contribution in [3.05, 3.63) is 89.5 Å². The molecule has 0 bridgehead atoms. The molecule has 3 aromatic rings. The van der Waals surface area contributed by atoms with Gasteiger partial charge in [0, 0.05) is 0 Å². The van der Waals surface area contributed by atoms with Crippen LogP contribution < -0.4 is 13.6 Å². The number of rotatable bonds is 9. The molecule has 0 radical (unpaired) electrons. The zero-order valence-corrected chi connectivity index (χ0v) is 20.9. The summed E-state index contributed by atoms with van der Waals surface area (Å²) in [7, 11) is 0. The van der Waals surface area contributed by atoms with Gasteiger partial charge in [-0.15, -0.1) is 0 Å². The van der Waals surface area contributed by atoms with E-state index in [-0.39, 0.29) is 14.0 Å². The second-order valence-electron chi connectivity index (χ2n) is 7.40. The number of hydrogen-bond acceptors (Lipinski definition) is 3. The number of aryl methyl sites for hydroxylation is 3. The second-order valence-corrected chi connectivity index (χ2v) is 15.0. The average Bonchev–Trinajstić information content (AvgIpc) is 2.73. The fourth-order valence-corrected chi connectivity index (χ4v) is 10.5. The molecule has 0 aliphatic carbocycles. The predicted molar refractivity (Wildman–Crippen MR) is 129 cm³/mol. The third-order valence-electron chi connectivity index (χ3n) is 4.51. The first-order chi connectivity index (χ1) is 14.5. The molecule has 0 spiro atoms. The first kappa shape index (κ1) is 22.7. The Morgan fingerprint density at radius 2 is 0.933 bits per heavy atom. The van der Waals surface area contributed by atoms with Crippen molar-refractivity contribution in [1.29, 1.82) is 0 Å². The van der Waals surface area contributed by atoms with Crippen LogP contribution in [-0.2, 0) is 0 Å². The van der Waals surface area contributed by atoms with Gasteiger partial charge in [0.25, 0.3) is 0 Å². The average molecular weight is 489 g/mol. The van der Waals surface area contributed by atoms with Gasteiger partial charge in [0.1, 0.15) is 0 Å². The predicted octanol–water partition coefficient (Wildman–Crippen LogP) is 7.48. The van der Waals surface area contributed by atoms with Crippen molar-refractivity contribution >= 4 is 20.2 Å². The topological polar surface area (TPSA) is 27.7 Å². The zero-order valence-electron chi connectivity index (χ0n) is 18.2. The summed E-state index contributed by atoms with van der Waals surface area (Å²) in [4.78, 5) is 0. The van der Waals surface area contributed by atoms with Crippen molar-refractivity contribution < 1.29 is 13.6 Å². The van der Waals surface area contributed by atoms with Gasteiger partial charge in [-0.3, -0.25) is 0 Å². The monoisotopic (exact) mass is 490 g/mol. The van der Waals surface area contributed by atoms with Crippen LogP contribution in [-0.4, -0.2) is 14.0 Å². The van der Waals surface area contributed by atoms with Gasteiger partial charge in [-0.2, -0.15) is 0 Å². The van der Waals surface area contributed by atoms with E-state index < -0.39 is 6.19 Å². The Labute approximate surface area is 186 Å². The molecule has 0 saturated heterocycles. The van der Waals surface area contributed by atoms with Gasteiger partial charge >= 0.3 is 186 Å². The SMILES string of the molecule is CCCC[SeH]=P(Oc1ccc(C)cc1)(Oc1ccc(C)cc1)Oc1ccc(C)cc1. The summed E-state index contributed by atoms with van der Waals surface area (Å²) < 4.78 is 19.7. The molecule has 0 atom stereocenters. The minimum absolute atomic E-state index is 0.312. The van der Waals surface area contributed by atoms with Gasteiger partial charge in [-0.25, -0.2) is 0 Å². The van der Waals surface area contributed by atoms with Gasteiger partial charge in [0.2, 0.25) is 0 Å². The van der Waals surface area contributed by atoms with E-state index in [2.05, 4.69) is 64.1 Å². The summed E-state index contributed by atoms with van der Waals surface area (Å²) >= 11 is -0.312. The fourth-order valence-electron chi connectivity index (χ4n) is 2.69. The zero-order chi connectivity index (χ0) is 21.4. The molecule has 3 rings (SSSR count). The van der Waals surface area contributed by atoms with Crippen molar-refractivity contribution in [2.24, 2.45) is 0 Å². The summed E-state index contributed by atoms with van der Waals surface area (Å²) in [6, 6.07) is 24.4. The Hall–Kier alpha value is -1.99. The third kappa shape index (κ3) is 6.77. The molecule has 0 aliphatic heterocycles. The van der Waals surface area contributed by atoms with E-state index in [4.69, 9.17) is 13.6 Å². The van der Waals surface area contributed by atoms with Crippen LogP contribution in [0, 0.1) is 20.8 Å². The normalized spacial score (nSPS) is 11.2. The van der Waals surface area contributed by atoms with Crippen LogP contribution in [0.25, 0.3) is 0 Å². The van der Waals surface area contributed by atoms with E-state index in [1.807, 2.05) is 36.4 Å². The molecule has 5 heteroatoms. The second kappa shape index (κ2) is 10.9. The van der Waals surface area contributed by atoms with Gasteiger partial charge in [0.15, 0.2) is 0 Å². The van der Waals surface area contributed by atoms with Crippen molar-refractivity contribution in [3.8, 4) is 17.2 Å². The molecule has 30 heavy (non-hydrogen) atoms. The fraction of sp³-hybridized carbons (Fsp3) is 0.280. The molecule has 0 fully saturated rings. The van der Waals surface area contributed by atoms with Crippen LogP contribution in [0.1, 0.15) is 36.5 Å². The van der Waals surface area contributed by atoms with E-state index in [1.54, 1.807) is 0 Å². The molecule has 0 N–H and O–H groups in total. The molecular formula is C25H31O3PSe. The van der Waals surface area contributed by atoms with E-state index >= 15 is 0 Å². The Balaban J connectivity index is 2.02. The maximum absolute atomic E-state index is 6.58. The molecule has 0 aromatic heterocycles. The molecule has 3 nitrogen and oxygen atoms in total. The first-order valence-corrected chi connectivity index (χ1v) is 15.7. The Bertz CT molecular complexity index is 858. The molecule has 0 amide bonds. The van der Waals surface area contributed by atoms with E-state index in [0.29, 0.717) is 0 Å². The van der Waals surface area contributed by atoms with Gasteiger partial charge in [0.05, 0.1) is 0 Å². The minimum atomic E-state index is -2.64. The maximum atomic E-state index is 6.58. The standard InChI is InChI=1S/C25H31O3PSe/c1-5-6-19-30-29(26-23-13-7-20(2)8-14-23,27-24-15-9-21(3)10-16-24)28-25-17-11-22(4)12-18-25/h7-18,30H,5-6,19H2,1-4H3. The van der Waals surface area contributed by atoms with Crippen LogP contribution in [0.5, 0.6) is 17.2 Å². The molecule has 0 unspecified atom stereocenters. The summed E-state index contributed by atoms with van der Waals surface area (Å²) in [5, 5.41) is 1.07. The van der Waals surface area contributed by atoms with E-state index in [0.717, 1.165) is 35.4 Å². The van der Waals surface area contributed by atoms with Crippen molar-refractivity contribution in [3.63, 3.8) is 0 Å². The summed E-state index contributed by atoms with van der Waals surface area (Å²) in [6.07, 6.45) is -0.349. The van der Waals surface area contributed by atoms with E-state index in [9.17, 15) is 0 Å². The summed E-state index contributed by atoms with van der Waals surface area (Å²) in [5.74, 6) is 2.37. The first-order valence-electron chi connectivity index (χ1n) is 10.3. The quantitative estimate of drug-likeness (QED) is 0.177. The van der Waals surface area contributed by atoms with Crippen LogP contribution in [0.3, 0.4) is 0 Å². The van der Waals surface area contributed by atoms with Gasteiger partial charge in [-0.1, -0.05) is 0 Å². The van der Waals surface area contributed by atoms with Crippen molar-refractivity contribution in [2.75, 3.05) is 0 Å². The molecular weight excluding hydrogens is 458 g/mol. The molecule has 0 aliphatic rings. The van der Waals surface area contributed by atoms with Crippen LogP contribution >= 0.6 is 6.19 Å². The molecule has 0 heterocycles. The number of benzene rings is 3. The van der Waals surface area contributed by atoms with E-state index in [1.165, 1.54) is 16.7 Å². The van der Waals surface area contributed by atoms with Crippen molar-refractivity contribution in [2.45, 2.75) is 45.9 Å². The van der Waals surface area contributed by atoms with Gasteiger partial charge in [-0.05, 0) is 0 Å². The van der Waals surface area contributed by atoms with Gasteiger partial charge < -0.3 is 0 Å². The molecule has 0 saturated carbocycles. The Kier molecular flexibility index (Phi) is 8.22.